The molecule has 2 N–H and O–H groups in total. The van der Waals surface area contributed by atoms with Crippen LogP contribution in [0.4, 0.5) is 11.8 Å². The van der Waals surface area contributed by atoms with Crippen molar-refractivity contribution in [2.75, 3.05) is 50.5 Å². The molecule has 0 atom stereocenters. The number of amides is 1. The van der Waals surface area contributed by atoms with Crippen molar-refractivity contribution >= 4 is 29.3 Å². The van der Waals surface area contributed by atoms with Gasteiger partial charge in [-0.3, -0.25) is 4.79 Å². The molecule has 1 aliphatic rings. The van der Waals surface area contributed by atoms with Crippen molar-refractivity contribution in [3.8, 4) is 0 Å². The predicted octanol–water partition coefficient (Wildman–Crippen LogP) is 0.832. The summed E-state index contributed by atoms with van der Waals surface area (Å²) in [6, 6.07) is 0. The quantitative estimate of drug-likeness (QED) is 0.838. The molecule has 2 rings (SSSR count). The van der Waals surface area contributed by atoms with E-state index in [2.05, 4.69) is 20.6 Å². The first-order valence-electron chi connectivity index (χ1n) is 6.50. The number of nitrogens with one attached hydrogen (secondary N) is 2. The molecule has 1 aromatic heterocycles. The Kier molecular flexibility index (Phi) is 5.37. The maximum atomic E-state index is 11.9. The molecule has 1 saturated heterocycles. The highest BCUT2D eigenvalue weighted by Gasteiger charge is 2.16. The minimum absolute atomic E-state index is 0.111. The molecule has 0 radical (unpaired) electrons. The molecule has 1 amide bonds. The molecule has 0 aromatic carbocycles. The van der Waals surface area contributed by atoms with Crippen LogP contribution in [0.3, 0.4) is 0 Å². The molecule has 0 unspecified atom stereocenters. The maximum Gasteiger partial charge on any atom is 0.224 e. The molecule has 0 saturated carbocycles. The average molecular weight is 300 g/mol. The zero-order valence-electron chi connectivity index (χ0n) is 11.4. The number of hydrogen-bond donors (Lipinski definition) is 2. The Morgan fingerprint density at radius 3 is 2.95 bits per heavy atom. The summed E-state index contributed by atoms with van der Waals surface area (Å²) in [7, 11) is 1.73. The Morgan fingerprint density at radius 1 is 1.50 bits per heavy atom. The Hall–Kier alpha value is -1.60. The van der Waals surface area contributed by atoms with Crippen LogP contribution in [-0.4, -0.2) is 60.7 Å². The largest absolute Gasteiger partial charge is 0.378 e. The van der Waals surface area contributed by atoms with E-state index in [-0.39, 0.29) is 5.91 Å². The summed E-state index contributed by atoms with van der Waals surface area (Å²) in [6.07, 6.45) is 1.92. The number of ether oxygens (including phenoxy) is 1. The van der Waals surface area contributed by atoms with Crippen molar-refractivity contribution in [2.24, 2.45) is 0 Å². The van der Waals surface area contributed by atoms with E-state index < -0.39 is 0 Å². The Balaban J connectivity index is 1.81. The van der Waals surface area contributed by atoms with Gasteiger partial charge < -0.3 is 20.3 Å². The minimum Gasteiger partial charge on any atom is -0.378 e. The number of hydrogen-bond acceptors (Lipinski definition) is 6. The van der Waals surface area contributed by atoms with Crippen molar-refractivity contribution in [3.63, 3.8) is 0 Å². The lowest BCUT2D eigenvalue weighted by molar-refractivity contribution is -0.134. The molecule has 8 heteroatoms. The third kappa shape index (κ3) is 3.94. The van der Waals surface area contributed by atoms with Crippen LogP contribution in [0.2, 0.25) is 5.02 Å². The second-order valence-electron chi connectivity index (χ2n) is 4.31. The number of aromatic nitrogens is 2. The van der Waals surface area contributed by atoms with Crippen LogP contribution < -0.4 is 10.6 Å². The molecule has 2 heterocycles. The lowest BCUT2D eigenvalue weighted by atomic mass is 10.3. The van der Waals surface area contributed by atoms with E-state index in [9.17, 15) is 4.79 Å². The van der Waals surface area contributed by atoms with E-state index in [1.807, 2.05) is 4.90 Å². The van der Waals surface area contributed by atoms with Gasteiger partial charge in [-0.1, -0.05) is 11.6 Å². The standard InChI is InChI=1S/C12H18ClN5O2/c1-14-12-16-8-9(13)11(17-12)15-3-2-10(19)18-4-6-20-7-5-18/h8H,2-7H2,1H3,(H2,14,15,16,17). The van der Waals surface area contributed by atoms with Crippen LogP contribution in [-0.2, 0) is 9.53 Å². The number of carbonyl (C=O) groups excluding carboxylic acids is 1. The zero-order valence-corrected chi connectivity index (χ0v) is 12.1. The van der Waals surface area contributed by atoms with Gasteiger partial charge in [-0.05, 0) is 0 Å². The van der Waals surface area contributed by atoms with Gasteiger partial charge in [0.25, 0.3) is 0 Å². The van der Waals surface area contributed by atoms with Gasteiger partial charge in [-0.25, -0.2) is 4.98 Å². The summed E-state index contributed by atoms with van der Waals surface area (Å²) in [5, 5.41) is 6.32. The van der Waals surface area contributed by atoms with Crippen LogP contribution >= 0.6 is 11.6 Å². The van der Waals surface area contributed by atoms with Crippen LogP contribution in [0.1, 0.15) is 6.42 Å². The van der Waals surface area contributed by atoms with Gasteiger partial charge in [0.05, 0.1) is 19.4 Å². The number of carbonyl (C=O) groups is 1. The van der Waals surface area contributed by atoms with E-state index in [1.54, 1.807) is 7.05 Å². The van der Waals surface area contributed by atoms with Crippen LogP contribution in [0.5, 0.6) is 0 Å². The minimum atomic E-state index is 0.111. The summed E-state index contributed by atoms with van der Waals surface area (Å²) >= 11 is 5.99. The normalized spacial score (nSPS) is 15.0. The van der Waals surface area contributed by atoms with Gasteiger partial charge >= 0.3 is 0 Å². The van der Waals surface area contributed by atoms with Crippen molar-refractivity contribution in [1.82, 2.24) is 14.9 Å². The fraction of sp³-hybridized carbons (Fsp3) is 0.583. The van der Waals surface area contributed by atoms with Gasteiger partial charge in [0.2, 0.25) is 11.9 Å². The Labute approximate surface area is 122 Å². The predicted molar refractivity (Wildman–Crippen MR) is 77.1 cm³/mol. The molecule has 1 fully saturated rings. The smallest absolute Gasteiger partial charge is 0.224 e. The lowest BCUT2D eigenvalue weighted by Gasteiger charge is -2.26. The molecule has 110 valence electrons. The first kappa shape index (κ1) is 14.8. The fourth-order valence-corrected chi connectivity index (χ4v) is 2.03. The van der Waals surface area contributed by atoms with Gasteiger partial charge in [-0.15, -0.1) is 0 Å². The third-order valence-electron chi connectivity index (χ3n) is 2.96. The highest BCUT2D eigenvalue weighted by Crippen LogP contribution is 2.19. The molecule has 0 aliphatic carbocycles. The summed E-state index contributed by atoms with van der Waals surface area (Å²) in [6.45, 7) is 3.04. The number of halogens is 1. The Bertz CT molecular complexity index is 465. The van der Waals surface area contributed by atoms with Crippen molar-refractivity contribution in [2.45, 2.75) is 6.42 Å². The van der Waals surface area contributed by atoms with Gasteiger partial charge in [-0.2, -0.15) is 4.98 Å². The molecule has 7 nitrogen and oxygen atoms in total. The first-order chi connectivity index (χ1) is 9.70. The lowest BCUT2D eigenvalue weighted by Crippen LogP contribution is -2.41. The zero-order chi connectivity index (χ0) is 14.4. The van der Waals surface area contributed by atoms with Gasteiger partial charge in [0.1, 0.15) is 10.8 Å². The van der Waals surface area contributed by atoms with Crippen LogP contribution in [0.15, 0.2) is 6.20 Å². The highest BCUT2D eigenvalue weighted by atomic mass is 35.5. The van der Waals surface area contributed by atoms with Crippen LogP contribution in [0.25, 0.3) is 0 Å². The van der Waals surface area contributed by atoms with Crippen LogP contribution in [0, 0.1) is 0 Å². The topological polar surface area (TPSA) is 79.4 Å². The number of anilines is 2. The number of rotatable bonds is 5. The molecular weight excluding hydrogens is 282 g/mol. The van der Waals surface area contributed by atoms with E-state index in [0.717, 1.165) is 0 Å². The molecule has 1 aromatic rings. The van der Waals surface area contributed by atoms with E-state index >= 15 is 0 Å². The van der Waals surface area contributed by atoms with Crippen molar-refractivity contribution < 1.29 is 9.53 Å². The highest BCUT2D eigenvalue weighted by molar-refractivity contribution is 6.32. The molecule has 0 spiro atoms. The Morgan fingerprint density at radius 2 is 2.25 bits per heavy atom. The fourth-order valence-electron chi connectivity index (χ4n) is 1.87. The molecule has 0 bridgehead atoms. The summed E-state index contributed by atoms with van der Waals surface area (Å²) in [4.78, 5) is 21.9. The monoisotopic (exact) mass is 299 g/mol. The SMILES string of the molecule is CNc1ncc(Cl)c(NCCC(=O)N2CCOCC2)n1. The van der Waals surface area contributed by atoms with E-state index in [4.69, 9.17) is 16.3 Å². The van der Waals surface area contributed by atoms with E-state index in [0.29, 0.717) is 56.1 Å². The molecular formula is C12H18ClN5O2. The third-order valence-corrected chi connectivity index (χ3v) is 3.24. The van der Waals surface area contributed by atoms with Gasteiger partial charge in [0, 0.05) is 33.1 Å². The maximum absolute atomic E-state index is 11.9. The second kappa shape index (κ2) is 7.25. The van der Waals surface area contributed by atoms with Crippen molar-refractivity contribution in [1.29, 1.82) is 0 Å². The molecule has 1 aliphatic heterocycles. The second-order valence-corrected chi connectivity index (χ2v) is 4.72. The van der Waals surface area contributed by atoms with Gasteiger partial charge in [0.15, 0.2) is 0 Å². The summed E-state index contributed by atoms with van der Waals surface area (Å²) in [5.74, 6) is 1.12. The first-order valence-corrected chi connectivity index (χ1v) is 6.88. The summed E-state index contributed by atoms with van der Waals surface area (Å²) in [5.41, 5.74) is 0. The number of morpholine rings is 1. The van der Waals surface area contributed by atoms with E-state index in [1.165, 1.54) is 6.20 Å². The summed E-state index contributed by atoms with van der Waals surface area (Å²) < 4.78 is 5.21. The number of nitrogens with zero attached hydrogens (tertiary/aromatic N) is 3. The average Bonchev–Trinajstić information content (AvgIpc) is 2.50. The van der Waals surface area contributed by atoms with Crippen molar-refractivity contribution in [3.05, 3.63) is 11.2 Å². The molecule has 20 heavy (non-hydrogen) atoms.